The molecule has 1 aromatic carbocycles. The predicted molar refractivity (Wildman–Crippen MR) is 108 cm³/mol. The molecular weight excluding hydrogens is 378 g/mol. The number of aromatic nitrogens is 2. The first kappa shape index (κ1) is 20.2. The first-order valence-corrected chi connectivity index (χ1v) is 10.4. The molecule has 0 aliphatic carbocycles. The summed E-state index contributed by atoms with van der Waals surface area (Å²) in [6.07, 6.45) is 2.21. The highest BCUT2D eigenvalue weighted by molar-refractivity contribution is 7.89. The topological polar surface area (TPSA) is 92.4 Å². The van der Waals surface area contributed by atoms with Gasteiger partial charge in [0.05, 0.1) is 16.6 Å². The molecule has 1 atom stereocenters. The van der Waals surface area contributed by atoms with Crippen LogP contribution in [0.25, 0.3) is 10.9 Å². The molecule has 8 heteroatoms. The molecule has 3 aromatic rings. The van der Waals surface area contributed by atoms with Gasteiger partial charge in [0.2, 0.25) is 15.6 Å². The van der Waals surface area contributed by atoms with Crippen LogP contribution in [-0.4, -0.2) is 43.0 Å². The highest BCUT2D eigenvalue weighted by Crippen LogP contribution is 2.28. The van der Waals surface area contributed by atoms with Gasteiger partial charge in [-0.15, -0.1) is 0 Å². The molecule has 0 aliphatic rings. The van der Waals surface area contributed by atoms with E-state index in [9.17, 15) is 13.2 Å². The number of H-pyrrole nitrogens is 1. The molecule has 0 amide bonds. The average Bonchev–Trinajstić information content (AvgIpc) is 2.70. The third kappa shape index (κ3) is 4.30. The van der Waals surface area contributed by atoms with Crippen molar-refractivity contribution in [3.8, 4) is 0 Å². The van der Waals surface area contributed by atoms with Crippen molar-refractivity contribution in [3.63, 3.8) is 0 Å². The number of methoxy groups -OCH3 is 1. The number of pyridine rings is 2. The fourth-order valence-electron chi connectivity index (χ4n) is 3.09. The van der Waals surface area contributed by atoms with E-state index in [-0.39, 0.29) is 10.5 Å². The van der Waals surface area contributed by atoms with Crippen LogP contribution < -0.4 is 5.56 Å². The minimum atomic E-state index is -3.78. The number of rotatable bonds is 8. The van der Waals surface area contributed by atoms with Crippen LogP contribution in [-0.2, 0) is 14.8 Å². The van der Waals surface area contributed by atoms with Crippen LogP contribution in [0.1, 0.15) is 25.1 Å². The summed E-state index contributed by atoms with van der Waals surface area (Å²) in [6, 6.07) is 12.7. The highest BCUT2D eigenvalue weighted by Gasteiger charge is 2.30. The molecule has 2 heterocycles. The third-order valence-corrected chi connectivity index (χ3v) is 6.54. The summed E-state index contributed by atoms with van der Waals surface area (Å²) in [5.74, 6) is 0. The number of hydrogen-bond acceptors (Lipinski definition) is 5. The zero-order valence-corrected chi connectivity index (χ0v) is 16.6. The molecule has 28 heavy (non-hydrogen) atoms. The van der Waals surface area contributed by atoms with Gasteiger partial charge in [-0.3, -0.25) is 9.78 Å². The van der Waals surface area contributed by atoms with E-state index in [1.54, 1.807) is 37.6 Å². The Morgan fingerprint density at radius 2 is 2.00 bits per heavy atom. The summed E-state index contributed by atoms with van der Waals surface area (Å²) in [5.41, 5.74) is 1.04. The van der Waals surface area contributed by atoms with Crippen LogP contribution in [0.3, 0.4) is 0 Å². The van der Waals surface area contributed by atoms with E-state index >= 15 is 0 Å². The first-order valence-electron chi connectivity index (χ1n) is 8.98. The second kappa shape index (κ2) is 8.64. The van der Waals surface area contributed by atoms with E-state index < -0.39 is 16.1 Å². The first-order chi connectivity index (χ1) is 13.4. The molecule has 0 saturated carbocycles. The third-order valence-electron chi connectivity index (χ3n) is 4.58. The van der Waals surface area contributed by atoms with Crippen molar-refractivity contribution in [3.05, 3.63) is 70.8 Å². The molecule has 3 rings (SSSR count). The van der Waals surface area contributed by atoms with Crippen LogP contribution in [0.2, 0.25) is 0 Å². The Bertz CT molecular complexity index is 1100. The Morgan fingerprint density at radius 3 is 2.71 bits per heavy atom. The summed E-state index contributed by atoms with van der Waals surface area (Å²) in [7, 11) is -2.20. The van der Waals surface area contributed by atoms with Gasteiger partial charge in [-0.2, -0.15) is 4.31 Å². The summed E-state index contributed by atoms with van der Waals surface area (Å²) < 4.78 is 33.4. The monoisotopic (exact) mass is 401 g/mol. The maximum absolute atomic E-state index is 13.4. The number of fused-ring (bicyclic) bond motifs is 1. The molecule has 7 nitrogen and oxygen atoms in total. The number of nitrogens with one attached hydrogen (secondary N) is 1. The molecule has 0 aliphatic heterocycles. The summed E-state index contributed by atoms with van der Waals surface area (Å²) >= 11 is 0. The van der Waals surface area contributed by atoms with Crippen molar-refractivity contribution in [1.82, 2.24) is 14.3 Å². The molecule has 0 radical (unpaired) electrons. The molecular formula is C20H23N3O4S. The maximum atomic E-state index is 13.4. The molecule has 0 fully saturated rings. The highest BCUT2D eigenvalue weighted by atomic mass is 32.2. The van der Waals surface area contributed by atoms with Crippen LogP contribution >= 0.6 is 0 Å². The average molecular weight is 401 g/mol. The minimum Gasteiger partial charge on any atom is -0.385 e. The lowest BCUT2D eigenvalue weighted by molar-refractivity contribution is 0.182. The lowest BCUT2D eigenvalue weighted by atomic mass is 10.2. The van der Waals surface area contributed by atoms with Gasteiger partial charge in [0.15, 0.2) is 0 Å². The normalized spacial score (nSPS) is 13.1. The van der Waals surface area contributed by atoms with Gasteiger partial charge in [0.1, 0.15) is 0 Å². The van der Waals surface area contributed by atoms with Crippen molar-refractivity contribution in [2.75, 3.05) is 20.3 Å². The number of hydrogen-bond donors (Lipinski definition) is 1. The SMILES string of the molecule is COCCCN([C@@H](C)c1ccccn1)S(=O)(=O)c1ccc2[nH]c(=O)ccc2c1. The largest absolute Gasteiger partial charge is 0.385 e. The summed E-state index contributed by atoms with van der Waals surface area (Å²) in [6.45, 7) is 2.59. The molecule has 0 unspecified atom stereocenters. The smallest absolute Gasteiger partial charge is 0.248 e. The van der Waals surface area contributed by atoms with E-state index in [0.29, 0.717) is 36.2 Å². The quantitative estimate of drug-likeness (QED) is 0.586. The minimum absolute atomic E-state index is 0.173. The Labute approximate surface area is 164 Å². The molecule has 0 saturated heterocycles. The van der Waals surface area contributed by atoms with Gasteiger partial charge < -0.3 is 9.72 Å². The zero-order valence-electron chi connectivity index (χ0n) is 15.8. The molecule has 0 spiro atoms. The number of nitrogens with zero attached hydrogens (tertiary/aromatic N) is 2. The van der Waals surface area contributed by atoms with Gasteiger partial charge in [0.25, 0.3) is 0 Å². The van der Waals surface area contributed by atoms with Crippen LogP contribution in [0, 0.1) is 0 Å². The van der Waals surface area contributed by atoms with E-state index in [1.165, 1.54) is 16.4 Å². The van der Waals surface area contributed by atoms with E-state index in [0.717, 1.165) is 0 Å². The Hall–Kier alpha value is -2.55. The summed E-state index contributed by atoms with van der Waals surface area (Å²) in [4.78, 5) is 18.7. The van der Waals surface area contributed by atoms with E-state index in [2.05, 4.69) is 9.97 Å². The van der Waals surface area contributed by atoms with Gasteiger partial charge in [-0.25, -0.2) is 8.42 Å². The summed E-state index contributed by atoms with van der Waals surface area (Å²) in [5, 5.41) is 0.656. The lowest BCUT2D eigenvalue weighted by Gasteiger charge is -2.28. The number of benzene rings is 1. The van der Waals surface area contributed by atoms with Gasteiger partial charge in [-0.1, -0.05) is 6.07 Å². The number of sulfonamides is 1. The van der Waals surface area contributed by atoms with Crippen LogP contribution in [0.4, 0.5) is 0 Å². The van der Waals surface area contributed by atoms with Gasteiger partial charge >= 0.3 is 0 Å². The lowest BCUT2D eigenvalue weighted by Crippen LogP contribution is -2.35. The Balaban J connectivity index is 2.01. The van der Waals surface area contributed by atoms with E-state index in [4.69, 9.17) is 4.74 Å². The van der Waals surface area contributed by atoms with Gasteiger partial charge in [-0.05, 0) is 55.1 Å². The molecule has 2 aromatic heterocycles. The standard InChI is InChI=1S/C20H23N3O4S/c1-15(18-6-3-4-11-21-18)23(12-5-13-27-2)28(25,26)17-8-9-19-16(14-17)7-10-20(24)22-19/h3-4,6-11,14-15H,5,12-13H2,1-2H3,(H,22,24)/t15-/m0/s1. The van der Waals surface area contributed by atoms with E-state index in [1.807, 2.05) is 19.1 Å². The zero-order chi connectivity index (χ0) is 20.1. The fraction of sp³-hybridized carbons (Fsp3) is 0.300. The predicted octanol–water partition coefficient (Wildman–Crippen LogP) is 2.71. The molecule has 0 bridgehead atoms. The van der Waals surface area contributed by atoms with Crippen LogP contribution in [0.15, 0.2) is 64.4 Å². The second-order valence-electron chi connectivity index (χ2n) is 6.46. The van der Waals surface area contributed by atoms with Gasteiger partial charge in [0, 0.05) is 38.0 Å². The van der Waals surface area contributed by atoms with Crippen molar-refractivity contribution in [1.29, 1.82) is 0 Å². The number of aromatic amines is 1. The molecule has 148 valence electrons. The Kier molecular flexibility index (Phi) is 6.23. The fourth-order valence-corrected chi connectivity index (χ4v) is 4.77. The second-order valence-corrected chi connectivity index (χ2v) is 8.35. The number of ether oxygens (including phenoxy) is 1. The molecule has 1 N–H and O–H groups in total. The maximum Gasteiger partial charge on any atom is 0.248 e. The van der Waals surface area contributed by atoms with Crippen molar-refractivity contribution < 1.29 is 13.2 Å². The van der Waals surface area contributed by atoms with Crippen molar-refractivity contribution in [2.45, 2.75) is 24.3 Å². The van der Waals surface area contributed by atoms with Crippen LogP contribution in [0.5, 0.6) is 0 Å². The van der Waals surface area contributed by atoms with Crippen molar-refractivity contribution >= 4 is 20.9 Å². The Morgan fingerprint density at radius 1 is 1.18 bits per heavy atom. The van der Waals surface area contributed by atoms with Crippen molar-refractivity contribution in [2.24, 2.45) is 0 Å².